The molecule has 0 saturated heterocycles. The first kappa shape index (κ1) is 16.9. The Kier molecular flexibility index (Phi) is 8.42. The van der Waals surface area contributed by atoms with E-state index in [2.05, 4.69) is 13.8 Å². The van der Waals surface area contributed by atoms with Gasteiger partial charge in [0.1, 0.15) is 0 Å². The number of hydrogen-bond donors (Lipinski definition) is 1. The molecule has 0 aliphatic carbocycles. The summed E-state index contributed by atoms with van der Waals surface area (Å²) in [6, 6.07) is 0. The second-order valence-electron chi connectivity index (χ2n) is 5.13. The zero-order chi connectivity index (χ0) is 14.1. The molecule has 0 aliphatic rings. The lowest BCUT2D eigenvalue weighted by Crippen LogP contribution is -2.34. The van der Waals surface area contributed by atoms with Crippen molar-refractivity contribution in [2.24, 2.45) is 11.8 Å². The molecule has 1 N–H and O–H groups in total. The van der Waals surface area contributed by atoms with Crippen LogP contribution in [0.15, 0.2) is 0 Å². The summed E-state index contributed by atoms with van der Waals surface area (Å²) in [4.78, 5) is 24.3. The van der Waals surface area contributed by atoms with Crippen LogP contribution in [0.2, 0.25) is 0 Å². The molecule has 0 spiro atoms. The first-order valence-corrected chi connectivity index (χ1v) is 6.89. The molecule has 0 rings (SSSR count). The number of hydrogen-bond acceptors (Lipinski definition) is 2. The molecule has 0 aliphatic heterocycles. The summed E-state index contributed by atoms with van der Waals surface area (Å²) < 4.78 is 0. The standard InChI is InChI=1S/C14H27NO3/c1-5-7-8-12(6-2)9-13(16)15(4)10-11(3)14(17)18/h11-12H,5-10H2,1-4H3,(H,17,18). The van der Waals surface area contributed by atoms with E-state index >= 15 is 0 Å². The van der Waals surface area contributed by atoms with Gasteiger partial charge in [0.2, 0.25) is 5.91 Å². The van der Waals surface area contributed by atoms with E-state index in [1.54, 1.807) is 18.9 Å². The number of aliphatic carboxylic acids is 1. The fourth-order valence-corrected chi connectivity index (χ4v) is 1.94. The second-order valence-corrected chi connectivity index (χ2v) is 5.13. The number of carboxylic acids is 1. The molecule has 0 bridgehead atoms. The maximum Gasteiger partial charge on any atom is 0.308 e. The summed E-state index contributed by atoms with van der Waals surface area (Å²) in [6.45, 7) is 6.17. The molecule has 18 heavy (non-hydrogen) atoms. The van der Waals surface area contributed by atoms with Crippen molar-refractivity contribution >= 4 is 11.9 Å². The van der Waals surface area contributed by atoms with Crippen molar-refractivity contribution in [3.05, 3.63) is 0 Å². The Morgan fingerprint density at radius 2 is 1.89 bits per heavy atom. The lowest BCUT2D eigenvalue weighted by molar-refractivity contribution is -0.142. The Morgan fingerprint density at radius 1 is 1.28 bits per heavy atom. The van der Waals surface area contributed by atoms with E-state index in [1.165, 1.54) is 0 Å². The monoisotopic (exact) mass is 257 g/mol. The van der Waals surface area contributed by atoms with Gasteiger partial charge in [0.15, 0.2) is 0 Å². The lowest BCUT2D eigenvalue weighted by atomic mass is 9.95. The summed E-state index contributed by atoms with van der Waals surface area (Å²) in [6.07, 6.45) is 4.94. The average molecular weight is 257 g/mol. The summed E-state index contributed by atoms with van der Waals surface area (Å²) in [5, 5.41) is 8.82. The molecule has 0 aromatic rings. The predicted octanol–water partition coefficient (Wildman–Crippen LogP) is 2.77. The molecule has 106 valence electrons. The molecular weight excluding hydrogens is 230 g/mol. The van der Waals surface area contributed by atoms with Gasteiger partial charge < -0.3 is 10.0 Å². The van der Waals surface area contributed by atoms with Crippen LogP contribution in [0.3, 0.4) is 0 Å². The van der Waals surface area contributed by atoms with Crippen LogP contribution in [0.25, 0.3) is 0 Å². The number of amides is 1. The van der Waals surface area contributed by atoms with Gasteiger partial charge in [0.05, 0.1) is 5.92 Å². The predicted molar refractivity (Wildman–Crippen MR) is 72.4 cm³/mol. The van der Waals surface area contributed by atoms with Gasteiger partial charge in [-0.2, -0.15) is 0 Å². The van der Waals surface area contributed by atoms with Gasteiger partial charge in [-0.1, -0.05) is 40.0 Å². The van der Waals surface area contributed by atoms with E-state index in [0.29, 0.717) is 18.9 Å². The van der Waals surface area contributed by atoms with Crippen LogP contribution in [0.1, 0.15) is 52.9 Å². The van der Waals surface area contributed by atoms with E-state index in [0.717, 1.165) is 25.7 Å². The van der Waals surface area contributed by atoms with Crippen molar-refractivity contribution in [2.45, 2.75) is 52.9 Å². The number of unbranched alkanes of at least 4 members (excludes halogenated alkanes) is 1. The van der Waals surface area contributed by atoms with Gasteiger partial charge in [0.25, 0.3) is 0 Å². The van der Waals surface area contributed by atoms with Gasteiger partial charge in [-0.05, 0) is 12.3 Å². The van der Waals surface area contributed by atoms with Crippen LogP contribution >= 0.6 is 0 Å². The molecule has 2 unspecified atom stereocenters. The van der Waals surface area contributed by atoms with Gasteiger partial charge >= 0.3 is 5.97 Å². The maximum atomic E-state index is 12.0. The Morgan fingerprint density at radius 3 is 2.33 bits per heavy atom. The minimum absolute atomic E-state index is 0.0612. The zero-order valence-corrected chi connectivity index (χ0v) is 12.1. The molecule has 2 atom stereocenters. The maximum absolute atomic E-state index is 12.0. The first-order valence-electron chi connectivity index (χ1n) is 6.89. The molecule has 0 fully saturated rings. The van der Waals surface area contributed by atoms with Crippen LogP contribution < -0.4 is 0 Å². The quantitative estimate of drug-likeness (QED) is 0.691. The topological polar surface area (TPSA) is 57.6 Å². The van der Waals surface area contributed by atoms with Gasteiger partial charge in [0, 0.05) is 20.0 Å². The molecular formula is C14H27NO3. The van der Waals surface area contributed by atoms with E-state index in [9.17, 15) is 9.59 Å². The van der Waals surface area contributed by atoms with Gasteiger partial charge in [-0.15, -0.1) is 0 Å². The molecule has 0 aromatic heterocycles. The average Bonchev–Trinajstić information content (AvgIpc) is 2.33. The summed E-state index contributed by atoms with van der Waals surface area (Å²) in [5.74, 6) is -0.867. The fraction of sp³-hybridized carbons (Fsp3) is 0.857. The van der Waals surface area contributed by atoms with E-state index in [-0.39, 0.29) is 5.91 Å². The molecule has 0 aromatic carbocycles. The molecule has 0 heterocycles. The number of carbonyl (C=O) groups excluding carboxylic acids is 1. The molecule has 4 heteroatoms. The Balaban J connectivity index is 4.16. The highest BCUT2D eigenvalue weighted by Gasteiger charge is 2.19. The highest BCUT2D eigenvalue weighted by Crippen LogP contribution is 2.17. The van der Waals surface area contributed by atoms with Crippen LogP contribution in [-0.2, 0) is 9.59 Å². The second kappa shape index (κ2) is 8.95. The summed E-state index contributed by atoms with van der Waals surface area (Å²) in [5.41, 5.74) is 0. The summed E-state index contributed by atoms with van der Waals surface area (Å²) >= 11 is 0. The van der Waals surface area contributed by atoms with E-state index in [1.807, 2.05) is 0 Å². The van der Waals surface area contributed by atoms with Crippen LogP contribution in [0.5, 0.6) is 0 Å². The number of carbonyl (C=O) groups is 2. The van der Waals surface area contributed by atoms with Crippen molar-refractivity contribution in [3.8, 4) is 0 Å². The Labute approximate surface area is 110 Å². The van der Waals surface area contributed by atoms with E-state index < -0.39 is 11.9 Å². The fourth-order valence-electron chi connectivity index (χ4n) is 1.94. The highest BCUT2D eigenvalue weighted by atomic mass is 16.4. The minimum Gasteiger partial charge on any atom is -0.481 e. The largest absolute Gasteiger partial charge is 0.481 e. The third-order valence-electron chi connectivity index (χ3n) is 3.40. The first-order chi connectivity index (χ1) is 8.42. The van der Waals surface area contributed by atoms with Gasteiger partial charge in [-0.25, -0.2) is 0 Å². The SMILES string of the molecule is CCCCC(CC)CC(=O)N(C)CC(C)C(=O)O. The van der Waals surface area contributed by atoms with Crippen molar-refractivity contribution in [3.63, 3.8) is 0 Å². The van der Waals surface area contributed by atoms with Crippen LogP contribution in [0.4, 0.5) is 0 Å². The third kappa shape index (κ3) is 6.62. The molecule has 0 saturated carbocycles. The molecule has 1 amide bonds. The lowest BCUT2D eigenvalue weighted by Gasteiger charge is -2.22. The normalized spacial score (nSPS) is 14.0. The van der Waals surface area contributed by atoms with Crippen molar-refractivity contribution in [1.29, 1.82) is 0 Å². The van der Waals surface area contributed by atoms with Crippen LogP contribution in [-0.4, -0.2) is 35.5 Å². The van der Waals surface area contributed by atoms with E-state index in [4.69, 9.17) is 5.11 Å². The van der Waals surface area contributed by atoms with Gasteiger partial charge in [-0.3, -0.25) is 9.59 Å². The van der Waals surface area contributed by atoms with Crippen LogP contribution in [0, 0.1) is 11.8 Å². The third-order valence-corrected chi connectivity index (χ3v) is 3.40. The Hall–Kier alpha value is -1.06. The molecule has 4 nitrogen and oxygen atoms in total. The smallest absolute Gasteiger partial charge is 0.308 e. The van der Waals surface area contributed by atoms with Crippen molar-refractivity contribution in [2.75, 3.05) is 13.6 Å². The summed E-state index contributed by atoms with van der Waals surface area (Å²) in [7, 11) is 1.69. The number of carboxylic acid groups (broad SMARTS) is 1. The minimum atomic E-state index is -0.854. The highest BCUT2D eigenvalue weighted by molar-refractivity contribution is 5.77. The number of rotatable bonds is 9. The zero-order valence-electron chi connectivity index (χ0n) is 12.1. The van der Waals surface area contributed by atoms with Crippen molar-refractivity contribution in [1.82, 2.24) is 4.90 Å². The Bertz CT molecular complexity index is 266. The number of nitrogens with zero attached hydrogens (tertiary/aromatic N) is 1. The van der Waals surface area contributed by atoms with Crippen molar-refractivity contribution < 1.29 is 14.7 Å². The molecule has 0 radical (unpaired) electrons.